The zero-order valence-corrected chi connectivity index (χ0v) is 8.45. The standard InChI is InChI=1S/C6H14ClNO2S/c1-8(2)11(9,10)6-4-3-5-7/h3-6H2,1-2H3. The van der Waals surface area contributed by atoms with Crippen LogP contribution in [0.1, 0.15) is 12.8 Å². The van der Waals surface area contributed by atoms with Crippen molar-refractivity contribution in [2.45, 2.75) is 12.8 Å². The Labute approximate surface area is 73.4 Å². The molecule has 11 heavy (non-hydrogen) atoms. The molecule has 0 aromatic heterocycles. The summed E-state index contributed by atoms with van der Waals surface area (Å²) in [6, 6.07) is 0. The maximum Gasteiger partial charge on any atom is 0.213 e. The van der Waals surface area contributed by atoms with Crippen molar-refractivity contribution >= 4 is 21.6 Å². The van der Waals surface area contributed by atoms with E-state index in [4.69, 9.17) is 11.6 Å². The minimum absolute atomic E-state index is 0.201. The topological polar surface area (TPSA) is 37.4 Å². The lowest BCUT2D eigenvalue weighted by Gasteiger charge is -2.09. The van der Waals surface area contributed by atoms with E-state index in [0.29, 0.717) is 12.3 Å². The second-order valence-electron chi connectivity index (χ2n) is 2.49. The number of hydrogen-bond donors (Lipinski definition) is 0. The van der Waals surface area contributed by atoms with Gasteiger partial charge in [-0.15, -0.1) is 11.6 Å². The summed E-state index contributed by atoms with van der Waals surface area (Å²) in [6.45, 7) is 0. The first-order valence-electron chi connectivity index (χ1n) is 3.47. The van der Waals surface area contributed by atoms with E-state index in [2.05, 4.69) is 0 Å². The molecule has 0 rings (SSSR count). The predicted molar refractivity (Wildman–Crippen MR) is 47.4 cm³/mol. The quantitative estimate of drug-likeness (QED) is 0.488. The molecule has 0 aromatic carbocycles. The van der Waals surface area contributed by atoms with E-state index in [-0.39, 0.29) is 5.75 Å². The highest BCUT2D eigenvalue weighted by atomic mass is 35.5. The van der Waals surface area contributed by atoms with E-state index in [1.54, 1.807) is 0 Å². The summed E-state index contributed by atoms with van der Waals surface area (Å²) in [5.74, 6) is 0.732. The van der Waals surface area contributed by atoms with Gasteiger partial charge in [0.25, 0.3) is 0 Å². The molecule has 0 amide bonds. The van der Waals surface area contributed by atoms with Crippen molar-refractivity contribution in [3.63, 3.8) is 0 Å². The van der Waals surface area contributed by atoms with Crippen LogP contribution in [0.25, 0.3) is 0 Å². The third kappa shape index (κ3) is 4.61. The number of unbranched alkanes of at least 4 members (excludes halogenated alkanes) is 1. The molecule has 0 radical (unpaired) electrons. The molecule has 0 aliphatic rings. The number of sulfonamides is 1. The van der Waals surface area contributed by atoms with Gasteiger partial charge in [0.05, 0.1) is 5.75 Å². The van der Waals surface area contributed by atoms with E-state index in [0.717, 1.165) is 6.42 Å². The van der Waals surface area contributed by atoms with Gasteiger partial charge >= 0.3 is 0 Å². The summed E-state index contributed by atoms with van der Waals surface area (Å²) >= 11 is 5.40. The van der Waals surface area contributed by atoms with Crippen LogP contribution in [0.3, 0.4) is 0 Å². The van der Waals surface area contributed by atoms with Gasteiger partial charge in [-0.2, -0.15) is 0 Å². The normalized spacial score (nSPS) is 12.4. The van der Waals surface area contributed by atoms with Gasteiger partial charge in [0.2, 0.25) is 10.0 Å². The van der Waals surface area contributed by atoms with Gasteiger partial charge in [-0.3, -0.25) is 0 Å². The van der Waals surface area contributed by atoms with Gasteiger partial charge in [-0.1, -0.05) is 0 Å². The van der Waals surface area contributed by atoms with Crippen molar-refractivity contribution in [2.24, 2.45) is 0 Å². The van der Waals surface area contributed by atoms with E-state index < -0.39 is 10.0 Å². The van der Waals surface area contributed by atoms with Crippen molar-refractivity contribution in [3.05, 3.63) is 0 Å². The van der Waals surface area contributed by atoms with Gasteiger partial charge < -0.3 is 0 Å². The lowest BCUT2D eigenvalue weighted by Crippen LogP contribution is -2.25. The summed E-state index contributed by atoms with van der Waals surface area (Å²) in [4.78, 5) is 0. The SMILES string of the molecule is CN(C)S(=O)(=O)CCCCCl. The summed E-state index contributed by atoms with van der Waals surface area (Å²) in [7, 11) is 0.0797. The molecule has 0 bridgehead atoms. The number of rotatable bonds is 5. The molecule has 0 fully saturated rings. The minimum Gasteiger partial charge on any atom is -0.212 e. The van der Waals surface area contributed by atoms with Crippen LogP contribution >= 0.6 is 11.6 Å². The van der Waals surface area contributed by atoms with Crippen molar-refractivity contribution in [1.82, 2.24) is 4.31 Å². The predicted octanol–water partition coefficient (Wildman–Crippen LogP) is 0.897. The lowest BCUT2D eigenvalue weighted by molar-refractivity contribution is 0.518. The Morgan fingerprint density at radius 2 is 1.82 bits per heavy atom. The van der Waals surface area contributed by atoms with Crippen LogP contribution in [-0.4, -0.2) is 38.5 Å². The molecule has 0 saturated carbocycles. The van der Waals surface area contributed by atoms with Crippen LogP contribution in [-0.2, 0) is 10.0 Å². The average molecular weight is 200 g/mol. The fraction of sp³-hybridized carbons (Fsp3) is 1.00. The molecule has 0 atom stereocenters. The first-order valence-corrected chi connectivity index (χ1v) is 5.61. The van der Waals surface area contributed by atoms with Crippen LogP contribution in [0.15, 0.2) is 0 Å². The van der Waals surface area contributed by atoms with E-state index >= 15 is 0 Å². The second kappa shape index (κ2) is 4.95. The van der Waals surface area contributed by atoms with Crippen molar-refractivity contribution in [1.29, 1.82) is 0 Å². The van der Waals surface area contributed by atoms with Crippen LogP contribution in [0.2, 0.25) is 0 Å². The zero-order valence-electron chi connectivity index (χ0n) is 6.88. The number of halogens is 1. The van der Waals surface area contributed by atoms with Gasteiger partial charge in [-0.25, -0.2) is 12.7 Å². The van der Waals surface area contributed by atoms with Gasteiger partial charge in [-0.05, 0) is 12.8 Å². The molecule has 68 valence electrons. The van der Waals surface area contributed by atoms with E-state index in [1.165, 1.54) is 18.4 Å². The molecule has 0 spiro atoms. The molecule has 0 aromatic rings. The third-order valence-electron chi connectivity index (χ3n) is 1.34. The molecular weight excluding hydrogens is 186 g/mol. The fourth-order valence-electron chi connectivity index (χ4n) is 0.562. The molecule has 5 heteroatoms. The number of nitrogens with zero attached hydrogens (tertiary/aromatic N) is 1. The highest BCUT2D eigenvalue weighted by molar-refractivity contribution is 7.89. The van der Waals surface area contributed by atoms with Crippen LogP contribution in [0, 0.1) is 0 Å². The van der Waals surface area contributed by atoms with Crippen molar-refractivity contribution in [2.75, 3.05) is 25.7 Å². The zero-order chi connectivity index (χ0) is 8.91. The van der Waals surface area contributed by atoms with Crippen molar-refractivity contribution in [3.8, 4) is 0 Å². The summed E-state index contributed by atoms with van der Waals surface area (Å²) in [5, 5.41) is 0. The maximum absolute atomic E-state index is 11.1. The van der Waals surface area contributed by atoms with Gasteiger partial charge in [0.15, 0.2) is 0 Å². The Bertz CT molecular complexity index is 189. The number of hydrogen-bond acceptors (Lipinski definition) is 2. The third-order valence-corrected chi connectivity index (χ3v) is 3.53. The molecule has 3 nitrogen and oxygen atoms in total. The molecule has 0 aliphatic carbocycles. The number of alkyl halides is 1. The first-order chi connectivity index (χ1) is 5.00. The lowest BCUT2D eigenvalue weighted by atomic mass is 10.4. The summed E-state index contributed by atoms with van der Waals surface area (Å²) < 4.78 is 23.4. The average Bonchev–Trinajstić information content (AvgIpc) is 1.88. The first kappa shape index (κ1) is 11.2. The Hall–Kier alpha value is 0.200. The smallest absolute Gasteiger partial charge is 0.212 e. The highest BCUT2D eigenvalue weighted by Crippen LogP contribution is 2.00. The minimum atomic E-state index is -3.00. The monoisotopic (exact) mass is 199 g/mol. The van der Waals surface area contributed by atoms with E-state index in [9.17, 15) is 8.42 Å². The molecule has 0 aliphatic heterocycles. The molecule has 0 saturated heterocycles. The van der Waals surface area contributed by atoms with Crippen LogP contribution in [0.5, 0.6) is 0 Å². The van der Waals surface area contributed by atoms with Crippen LogP contribution < -0.4 is 0 Å². The maximum atomic E-state index is 11.1. The largest absolute Gasteiger partial charge is 0.213 e. The molecule has 0 heterocycles. The van der Waals surface area contributed by atoms with Crippen LogP contribution in [0.4, 0.5) is 0 Å². The van der Waals surface area contributed by atoms with Gasteiger partial charge in [0.1, 0.15) is 0 Å². The highest BCUT2D eigenvalue weighted by Gasteiger charge is 2.11. The Balaban J connectivity index is 3.75. The molecular formula is C6H14ClNO2S. The summed E-state index contributed by atoms with van der Waals surface area (Å²) in [6.07, 6.45) is 1.40. The Kier molecular flexibility index (Phi) is 5.04. The Morgan fingerprint density at radius 3 is 2.18 bits per heavy atom. The fourth-order valence-corrected chi connectivity index (χ4v) is 1.68. The molecule has 0 N–H and O–H groups in total. The summed E-state index contributed by atoms with van der Waals surface area (Å²) in [5.41, 5.74) is 0. The molecule has 0 unspecified atom stereocenters. The second-order valence-corrected chi connectivity index (χ2v) is 5.17. The Morgan fingerprint density at radius 1 is 1.27 bits per heavy atom. The van der Waals surface area contributed by atoms with Crippen molar-refractivity contribution < 1.29 is 8.42 Å². The van der Waals surface area contributed by atoms with E-state index in [1.807, 2.05) is 0 Å². The van der Waals surface area contributed by atoms with Gasteiger partial charge in [0, 0.05) is 20.0 Å².